The Morgan fingerprint density at radius 1 is 0.479 bits per heavy atom. The fourth-order valence-electron chi connectivity index (χ4n) is 6.03. The molecule has 0 rings (SSSR count). The van der Waals surface area contributed by atoms with E-state index in [0.29, 0.717) is 38.6 Å². The summed E-state index contributed by atoms with van der Waals surface area (Å²) in [6, 6.07) is -0.854. The summed E-state index contributed by atoms with van der Waals surface area (Å²) < 4.78 is 0. The molecule has 0 fully saturated rings. The normalized spacial score (nSPS) is 12.2. The average Bonchev–Trinajstić information content (AvgIpc) is 3.07. The van der Waals surface area contributed by atoms with Gasteiger partial charge in [0.25, 0.3) is 0 Å². The number of nitrogens with one attached hydrogen (secondary N) is 2. The van der Waals surface area contributed by atoms with Crippen LogP contribution in [0, 0.1) is 0 Å². The standard InChI is InChI=1S/C42H78N2O4/c1-3-5-7-9-11-13-15-17-19-21-23-25-27-29-31-36-40(45)43-38-34-33-35-39(42(47)48)44-41(46)37-32-30-28-26-24-22-20-18-16-14-12-10-8-6-4-2/h17-20,39H,3-16,21-38H2,1-2H3,(H,43,45)(H,44,46)(H,47,48)/b19-17-,20-18-. The Morgan fingerprint density at radius 2 is 0.854 bits per heavy atom. The van der Waals surface area contributed by atoms with Crippen LogP contribution in [0.2, 0.25) is 0 Å². The third-order valence-electron chi connectivity index (χ3n) is 9.21. The highest BCUT2D eigenvalue weighted by Gasteiger charge is 2.19. The minimum absolute atomic E-state index is 0.0793. The van der Waals surface area contributed by atoms with Gasteiger partial charge in [0.15, 0.2) is 0 Å². The zero-order valence-corrected chi connectivity index (χ0v) is 31.7. The van der Waals surface area contributed by atoms with Crippen molar-refractivity contribution in [2.24, 2.45) is 0 Å². The first-order valence-corrected chi connectivity index (χ1v) is 20.6. The molecule has 280 valence electrons. The molecule has 0 aromatic rings. The van der Waals surface area contributed by atoms with Crippen molar-refractivity contribution in [2.45, 2.75) is 219 Å². The van der Waals surface area contributed by atoms with Crippen LogP contribution in [0.1, 0.15) is 213 Å². The van der Waals surface area contributed by atoms with E-state index in [1.165, 1.54) is 128 Å². The monoisotopic (exact) mass is 675 g/mol. The van der Waals surface area contributed by atoms with Crippen molar-refractivity contribution in [3.63, 3.8) is 0 Å². The Kier molecular flexibility index (Phi) is 36.0. The number of carboxylic acids is 1. The second-order valence-corrected chi connectivity index (χ2v) is 14.0. The van der Waals surface area contributed by atoms with Gasteiger partial charge in [-0.15, -0.1) is 0 Å². The van der Waals surface area contributed by atoms with Gasteiger partial charge in [-0.1, -0.05) is 141 Å². The van der Waals surface area contributed by atoms with Gasteiger partial charge in [-0.2, -0.15) is 0 Å². The first-order chi connectivity index (χ1) is 23.5. The van der Waals surface area contributed by atoms with Crippen molar-refractivity contribution in [1.82, 2.24) is 10.6 Å². The molecule has 48 heavy (non-hydrogen) atoms. The lowest BCUT2D eigenvalue weighted by Gasteiger charge is -2.14. The van der Waals surface area contributed by atoms with Gasteiger partial charge >= 0.3 is 5.97 Å². The Balaban J connectivity index is 3.64. The van der Waals surface area contributed by atoms with Crippen LogP contribution in [-0.4, -0.2) is 35.5 Å². The summed E-state index contributed by atoms with van der Waals surface area (Å²) in [5.74, 6) is -1.08. The number of hydrogen-bond acceptors (Lipinski definition) is 3. The SMILES string of the molecule is CCCCCCCC/C=C\CCCCCCCC(=O)NCCCCC(NC(=O)CCCCCCC/C=C\CCCCCCCC)C(=O)O. The molecule has 1 atom stereocenters. The molecule has 0 radical (unpaired) electrons. The molecule has 0 heterocycles. The van der Waals surface area contributed by atoms with Crippen LogP contribution in [0.15, 0.2) is 24.3 Å². The van der Waals surface area contributed by atoms with E-state index in [-0.39, 0.29) is 11.8 Å². The first kappa shape index (κ1) is 45.9. The maximum Gasteiger partial charge on any atom is 0.326 e. The molecule has 0 aliphatic rings. The molecular formula is C42H78N2O4. The van der Waals surface area contributed by atoms with Gasteiger partial charge < -0.3 is 15.7 Å². The van der Waals surface area contributed by atoms with E-state index >= 15 is 0 Å². The number of allylic oxidation sites excluding steroid dienone is 4. The molecule has 2 amide bonds. The lowest BCUT2D eigenvalue weighted by atomic mass is 10.1. The molecule has 0 bridgehead atoms. The van der Waals surface area contributed by atoms with Crippen LogP contribution in [0.4, 0.5) is 0 Å². The van der Waals surface area contributed by atoms with Gasteiger partial charge in [-0.05, 0) is 83.5 Å². The van der Waals surface area contributed by atoms with Crippen molar-refractivity contribution < 1.29 is 19.5 Å². The minimum Gasteiger partial charge on any atom is -0.480 e. The number of rotatable bonds is 37. The van der Waals surface area contributed by atoms with E-state index < -0.39 is 12.0 Å². The highest BCUT2D eigenvalue weighted by atomic mass is 16.4. The molecule has 0 aliphatic carbocycles. The van der Waals surface area contributed by atoms with Crippen LogP contribution in [-0.2, 0) is 14.4 Å². The Hall–Kier alpha value is -2.11. The zero-order chi connectivity index (χ0) is 35.2. The maximum absolute atomic E-state index is 12.3. The summed E-state index contributed by atoms with van der Waals surface area (Å²) in [5, 5.41) is 15.2. The van der Waals surface area contributed by atoms with Gasteiger partial charge in [-0.3, -0.25) is 9.59 Å². The largest absolute Gasteiger partial charge is 0.480 e. The van der Waals surface area contributed by atoms with Crippen LogP contribution in [0.3, 0.4) is 0 Å². The van der Waals surface area contributed by atoms with Crippen molar-refractivity contribution in [1.29, 1.82) is 0 Å². The third kappa shape index (κ3) is 35.2. The van der Waals surface area contributed by atoms with Crippen molar-refractivity contribution in [3.8, 4) is 0 Å². The molecule has 0 spiro atoms. The molecule has 6 heteroatoms. The number of carbonyl (C=O) groups is 3. The number of carbonyl (C=O) groups excluding carboxylic acids is 2. The summed E-state index contributed by atoms with van der Waals surface area (Å²) in [6.07, 6.45) is 43.9. The first-order valence-electron chi connectivity index (χ1n) is 20.6. The summed E-state index contributed by atoms with van der Waals surface area (Å²) in [4.78, 5) is 36.1. The van der Waals surface area contributed by atoms with Crippen LogP contribution in [0.25, 0.3) is 0 Å². The van der Waals surface area contributed by atoms with Gasteiger partial charge in [0.1, 0.15) is 6.04 Å². The summed E-state index contributed by atoms with van der Waals surface area (Å²) in [6.45, 7) is 5.07. The second kappa shape index (κ2) is 37.7. The van der Waals surface area contributed by atoms with Crippen LogP contribution < -0.4 is 10.6 Å². The fourth-order valence-corrected chi connectivity index (χ4v) is 6.03. The molecule has 1 unspecified atom stereocenters. The van der Waals surface area contributed by atoms with Crippen molar-refractivity contribution in [2.75, 3.05) is 6.54 Å². The van der Waals surface area contributed by atoms with E-state index in [4.69, 9.17) is 0 Å². The molecule has 6 nitrogen and oxygen atoms in total. The molecule has 0 saturated heterocycles. The molecule has 0 aromatic heterocycles. The fraction of sp³-hybridized carbons (Fsp3) is 0.833. The Labute approximate surface area is 297 Å². The Morgan fingerprint density at radius 3 is 1.27 bits per heavy atom. The maximum atomic E-state index is 12.3. The van der Waals surface area contributed by atoms with Crippen LogP contribution in [0.5, 0.6) is 0 Å². The smallest absolute Gasteiger partial charge is 0.326 e. The number of carboxylic acid groups (broad SMARTS) is 1. The minimum atomic E-state index is -0.985. The number of amides is 2. The molecular weight excluding hydrogens is 596 g/mol. The van der Waals surface area contributed by atoms with E-state index in [0.717, 1.165) is 38.5 Å². The number of unbranched alkanes of at least 4 members (excludes halogenated alkanes) is 23. The van der Waals surface area contributed by atoms with Gasteiger partial charge in [0.05, 0.1) is 0 Å². The lowest BCUT2D eigenvalue weighted by Crippen LogP contribution is -2.40. The van der Waals surface area contributed by atoms with Gasteiger partial charge in [0.2, 0.25) is 11.8 Å². The highest BCUT2D eigenvalue weighted by molar-refractivity contribution is 5.83. The predicted molar refractivity (Wildman–Crippen MR) is 205 cm³/mol. The molecule has 3 N–H and O–H groups in total. The highest BCUT2D eigenvalue weighted by Crippen LogP contribution is 2.12. The van der Waals surface area contributed by atoms with E-state index in [9.17, 15) is 19.5 Å². The van der Waals surface area contributed by atoms with Crippen molar-refractivity contribution in [3.05, 3.63) is 24.3 Å². The quantitative estimate of drug-likeness (QED) is 0.0451. The second-order valence-electron chi connectivity index (χ2n) is 14.0. The lowest BCUT2D eigenvalue weighted by molar-refractivity contribution is -0.142. The summed E-state index contributed by atoms with van der Waals surface area (Å²) in [7, 11) is 0. The average molecular weight is 675 g/mol. The Bertz CT molecular complexity index is 795. The third-order valence-corrected chi connectivity index (χ3v) is 9.21. The van der Waals surface area contributed by atoms with E-state index in [1.807, 2.05) is 0 Å². The van der Waals surface area contributed by atoms with E-state index in [1.54, 1.807) is 0 Å². The number of hydrogen-bond donors (Lipinski definition) is 3. The summed E-state index contributed by atoms with van der Waals surface area (Å²) >= 11 is 0. The predicted octanol–water partition coefficient (Wildman–Crippen LogP) is 11.9. The topological polar surface area (TPSA) is 95.5 Å². The van der Waals surface area contributed by atoms with Gasteiger partial charge in [-0.25, -0.2) is 4.79 Å². The summed E-state index contributed by atoms with van der Waals surface area (Å²) in [5.41, 5.74) is 0. The zero-order valence-electron chi connectivity index (χ0n) is 31.7. The van der Waals surface area contributed by atoms with Crippen molar-refractivity contribution >= 4 is 17.8 Å². The molecule has 0 saturated carbocycles. The van der Waals surface area contributed by atoms with Gasteiger partial charge in [0, 0.05) is 19.4 Å². The molecule has 0 aliphatic heterocycles. The number of aliphatic carboxylic acids is 1. The van der Waals surface area contributed by atoms with E-state index in [2.05, 4.69) is 48.8 Å². The molecule has 0 aromatic carbocycles. The van der Waals surface area contributed by atoms with Crippen LogP contribution >= 0.6 is 0 Å².